The van der Waals surface area contributed by atoms with E-state index in [2.05, 4.69) is 48.0 Å². The van der Waals surface area contributed by atoms with Crippen LogP contribution in [0.2, 0.25) is 0 Å². The van der Waals surface area contributed by atoms with Crippen LogP contribution in [0.1, 0.15) is 16.7 Å². The van der Waals surface area contributed by atoms with Gasteiger partial charge >= 0.3 is 0 Å². The van der Waals surface area contributed by atoms with Crippen molar-refractivity contribution in [2.75, 3.05) is 5.73 Å². The van der Waals surface area contributed by atoms with Gasteiger partial charge in [-0.1, -0.05) is 24.3 Å². The van der Waals surface area contributed by atoms with Crippen LogP contribution in [-0.2, 0) is 6.61 Å². The Kier molecular flexibility index (Phi) is 3.92. The fraction of sp³-hybridized carbons (Fsp3) is 0.200. The molecule has 0 aliphatic heterocycles. The van der Waals surface area contributed by atoms with E-state index >= 15 is 0 Å². The molecular formula is C15H16BrNO. The number of benzene rings is 2. The first kappa shape index (κ1) is 13.0. The van der Waals surface area contributed by atoms with Crippen molar-refractivity contribution < 1.29 is 4.74 Å². The largest absolute Gasteiger partial charge is 0.486 e. The van der Waals surface area contributed by atoms with Gasteiger partial charge in [0, 0.05) is 0 Å². The Labute approximate surface area is 116 Å². The Balaban J connectivity index is 2.14. The quantitative estimate of drug-likeness (QED) is 0.861. The Morgan fingerprint density at radius 2 is 1.89 bits per heavy atom. The van der Waals surface area contributed by atoms with E-state index in [1.165, 1.54) is 11.1 Å². The lowest BCUT2D eigenvalue weighted by Crippen LogP contribution is -2.00. The lowest BCUT2D eigenvalue weighted by molar-refractivity contribution is 0.306. The monoisotopic (exact) mass is 305 g/mol. The van der Waals surface area contributed by atoms with Crippen molar-refractivity contribution in [2.45, 2.75) is 20.5 Å². The zero-order valence-electron chi connectivity index (χ0n) is 10.5. The van der Waals surface area contributed by atoms with E-state index in [1.807, 2.05) is 18.2 Å². The van der Waals surface area contributed by atoms with E-state index in [0.717, 1.165) is 10.0 Å². The van der Waals surface area contributed by atoms with Gasteiger partial charge in [-0.3, -0.25) is 0 Å². The number of nitrogens with two attached hydrogens (primary N) is 1. The molecule has 0 heterocycles. The van der Waals surface area contributed by atoms with Crippen molar-refractivity contribution in [1.82, 2.24) is 0 Å². The minimum absolute atomic E-state index is 0.522. The molecule has 2 aromatic carbocycles. The number of nitrogen functional groups attached to an aromatic ring is 1. The predicted octanol–water partition coefficient (Wildman–Crippen LogP) is 4.23. The molecule has 0 aliphatic rings. The van der Waals surface area contributed by atoms with Crippen LogP contribution in [0, 0.1) is 13.8 Å². The molecule has 0 aromatic heterocycles. The van der Waals surface area contributed by atoms with Gasteiger partial charge in [-0.25, -0.2) is 0 Å². The minimum atomic E-state index is 0.522. The molecule has 0 atom stereocenters. The number of aryl methyl sites for hydroxylation is 2. The molecule has 0 unspecified atom stereocenters. The zero-order chi connectivity index (χ0) is 13.1. The number of ether oxygens (including phenoxy) is 1. The number of halogens is 1. The van der Waals surface area contributed by atoms with Crippen LogP contribution >= 0.6 is 15.9 Å². The number of rotatable bonds is 3. The molecule has 0 saturated carbocycles. The Morgan fingerprint density at radius 3 is 2.56 bits per heavy atom. The molecule has 94 valence electrons. The molecular weight excluding hydrogens is 290 g/mol. The summed E-state index contributed by atoms with van der Waals surface area (Å²) in [6.45, 7) is 4.73. The maximum absolute atomic E-state index is 5.88. The minimum Gasteiger partial charge on any atom is -0.486 e. The van der Waals surface area contributed by atoms with Crippen LogP contribution in [0.5, 0.6) is 5.75 Å². The lowest BCUT2D eigenvalue weighted by Gasteiger charge is -2.11. The molecule has 0 radical (unpaired) electrons. The van der Waals surface area contributed by atoms with E-state index in [1.54, 1.807) is 0 Å². The molecule has 2 aromatic rings. The third-order valence-electron chi connectivity index (χ3n) is 2.95. The van der Waals surface area contributed by atoms with Gasteiger partial charge in [0.25, 0.3) is 0 Å². The van der Waals surface area contributed by atoms with Gasteiger partial charge < -0.3 is 10.5 Å². The van der Waals surface area contributed by atoms with Crippen molar-refractivity contribution in [3.05, 3.63) is 57.6 Å². The lowest BCUT2D eigenvalue weighted by atomic mass is 10.1. The molecule has 18 heavy (non-hydrogen) atoms. The van der Waals surface area contributed by atoms with Crippen molar-refractivity contribution in [2.24, 2.45) is 0 Å². The summed E-state index contributed by atoms with van der Waals surface area (Å²) in [6.07, 6.45) is 0. The average Bonchev–Trinajstić information content (AvgIpc) is 2.33. The van der Waals surface area contributed by atoms with E-state index in [-0.39, 0.29) is 0 Å². The Hall–Kier alpha value is -1.48. The maximum atomic E-state index is 5.88. The number of hydrogen-bond acceptors (Lipinski definition) is 2. The van der Waals surface area contributed by atoms with E-state index in [0.29, 0.717) is 18.0 Å². The van der Waals surface area contributed by atoms with Crippen LogP contribution in [-0.4, -0.2) is 0 Å². The van der Waals surface area contributed by atoms with Crippen molar-refractivity contribution >= 4 is 21.6 Å². The molecule has 0 saturated heterocycles. The van der Waals surface area contributed by atoms with Gasteiger partial charge in [0.2, 0.25) is 0 Å². The second-order valence-electron chi connectivity index (χ2n) is 4.37. The highest BCUT2D eigenvalue weighted by atomic mass is 79.9. The van der Waals surface area contributed by atoms with Crippen LogP contribution in [0.3, 0.4) is 0 Å². The zero-order valence-corrected chi connectivity index (χ0v) is 12.1. The van der Waals surface area contributed by atoms with E-state index in [4.69, 9.17) is 10.5 Å². The van der Waals surface area contributed by atoms with Crippen LogP contribution < -0.4 is 10.5 Å². The summed E-state index contributed by atoms with van der Waals surface area (Å²) in [5.74, 6) is 0.704. The summed E-state index contributed by atoms with van der Waals surface area (Å²) in [5, 5.41) is 0. The smallest absolute Gasteiger partial charge is 0.156 e. The molecule has 3 heteroatoms. The Morgan fingerprint density at radius 1 is 1.11 bits per heavy atom. The molecule has 2 N–H and O–H groups in total. The van der Waals surface area contributed by atoms with Gasteiger partial charge in [0.1, 0.15) is 6.61 Å². The average molecular weight is 306 g/mol. The Bertz CT molecular complexity index is 546. The number of para-hydroxylation sites is 1. The van der Waals surface area contributed by atoms with Gasteiger partial charge in [-0.15, -0.1) is 0 Å². The van der Waals surface area contributed by atoms with Crippen molar-refractivity contribution in [3.63, 3.8) is 0 Å². The summed E-state index contributed by atoms with van der Waals surface area (Å²) in [5.41, 5.74) is 10.2. The van der Waals surface area contributed by atoms with Gasteiger partial charge in [-0.2, -0.15) is 0 Å². The first-order valence-corrected chi connectivity index (χ1v) is 6.60. The third-order valence-corrected chi connectivity index (χ3v) is 3.58. The van der Waals surface area contributed by atoms with E-state index < -0.39 is 0 Å². The van der Waals surface area contributed by atoms with Crippen LogP contribution in [0.15, 0.2) is 40.9 Å². The molecule has 2 nitrogen and oxygen atoms in total. The topological polar surface area (TPSA) is 35.2 Å². The SMILES string of the molecule is Cc1ccc(COc2c(N)cccc2Br)cc1C. The number of anilines is 1. The van der Waals surface area contributed by atoms with Crippen molar-refractivity contribution in [3.8, 4) is 5.75 Å². The van der Waals surface area contributed by atoms with Gasteiger partial charge in [0.05, 0.1) is 10.2 Å². The highest BCUT2D eigenvalue weighted by Crippen LogP contribution is 2.31. The maximum Gasteiger partial charge on any atom is 0.156 e. The first-order chi connectivity index (χ1) is 8.58. The van der Waals surface area contributed by atoms with E-state index in [9.17, 15) is 0 Å². The molecule has 0 aliphatic carbocycles. The second kappa shape index (κ2) is 5.44. The fourth-order valence-electron chi connectivity index (χ4n) is 1.73. The summed E-state index contributed by atoms with van der Waals surface area (Å²) in [6, 6.07) is 12.0. The molecule has 0 amide bonds. The van der Waals surface area contributed by atoms with Crippen LogP contribution in [0.4, 0.5) is 5.69 Å². The summed E-state index contributed by atoms with van der Waals surface area (Å²) >= 11 is 3.44. The number of hydrogen-bond donors (Lipinski definition) is 1. The predicted molar refractivity (Wildman–Crippen MR) is 78.8 cm³/mol. The highest BCUT2D eigenvalue weighted by Gasteiger charge is 2.05. The molecule has 0 bridgehead atoms. The summed E-state index contributed by atoms with van der Waals surface area (Å²) in [4.78, 5) is 0. The third kappa shape index (κ3) is 2.85. The van der Waals surface area contributed by atoms with Gasteiger partial charge in [0.15, 0.2) is 5.75 Å². The van der Waals surface area contributed by atoms with Crippen molar-refractivity contribution in [1.29, 1.82) is 0 Å². The fourth-order valence-corrected chi connectivity index (χ4v) is 2.22. The summed E-state index contributed by atoms with van der Waals surface area (Å²) < 4.78 is 6.66. The highest BCUT2D eigenvalue weighted by molar-refractivity contribution is 9.10. The normalized spacial score (nSPS) is 10.4. The van der Waals surface area contributed by atoms with Crippen LogP contribution in [0.25, 0.3) is 0 Å². The second-order valence-corrected chi connectivity index (χ2v) is 5.22. The molecule has 0 fully saturated rings. The molecule has 0 spiro atoms. The summed E-state index contributed by atoms with van der Waals surface area (Å²) in [7, 11) is 0. The van der Waals surface area contributed by atoms with Gasteiger partial charge in [-0.05, 0) is 58.6 Å². The standard InChI is InChI=1S/C15H16BrNO/c1-10-6-7-12(8-11(10)2)9-18-15-13(16)4-3-5-14(15)17/h3-8H,9,17H2,1-2H3. The first-order valence-electron chi connectivity index (χ1n) is 5.81. The molecule has 2 rings (SSSR count).